The van der Waals surface area contributed by atoms with E-state index < -0.39 is 29.1 Å². The Morgan fingerprint density at radius 2 is 1.97 bits per heavy atom. The van der Waals surface area contributed by atoms with E-state index in [4.69, 9.17) is 11.2 Å². The van der Waals surface area contributed by atoms with Crippen molar-refractivity contribution in [2.75, 3.05) is 7.11 Å². The van der Waals surface area contributed by atoms with Crippen LogP contribution in [-0.4, -0.2) is 47.1 Å². The first kappa shape index (κ1) is 23.6. The van der Waals surface area contributed by atoms with Crippen LogP contribution in [0.2, 0.25) is 0 Å². The molecule has 4 saturated carbocycles. The standard InChI is InChI=1S/C23H31O6.Re/c1-5-23(27)18(25)12-16-19-15(7-9-22(16,23)3)21(2)8-6-14(29-20(26)28-4)10-13(21)11-17(19)24;/h1,12-17,19,24,27H,6-11H2,2-4H3;/q-1;/t13-,14-,15?,16?,17-,19?,21-,22-,23-;/m0./s1. The number of carbonyl (C=O) groups excluding carboxylic acids is 2. The van der Waals surface area contributed by atoms with Gasteiger partial charge >= 0.3 is 6.16 Å². The van der Waals surface area contributed by atoms with Crippen LogP contribution in [0.15, 0.2) is 0 Å². The third-order valence-corrected chi connectivity index (χ3v) is 9.04. The molecule has 7 heteroatoms. The van der Waals surface area contributed by atoms with Gasteiger partial charge in [0.2, 0.25) is 0 Å². The fourth-order valence-electron chi connectivity index (χ4n) is 7.26. The molecule has 167 valence electrons. The van der Waals surface area contributed by atoms with Crippen LogP contribution >= 0.6 is 0 Å². The molecule has 0 amide bonds. The molecular weight excluding hydrogens is 558 g/mol. The number of carbonyl (C=O) groups is 2. The molecule has 4 aliphatic rings. The molecule has 0 aromatic rings. The monoisotopic (exact) mass is 590 g/mol. The number of aliphatic hydroxyl groups is 2. The van der Waals surface area contributed by atoms with E-state index in [1.165, 1.54) is 7.11 Å². The summed E-state index contributed by atoms with van der Waals surface area (Å²) in [6, 6.07) is 0. The van der Waals surface area contributed by atoms with Crippen molar-refractivity contribution in [2.24, 2.45) is 34.5 Å². The SMILES string of the molecule is C#C[C@]1(O)C(=O)[CH-]C2C3C(CC[C@@]21C)[C@@]1(C)CC[C@H](OC(=O)OC)C[C@H]1C[C@@H]3O.[Re]. The van der Waals surface area contributed by atoms with Gasteiger partial charge in [-0.2, -0.15) is 0 Å². The molecule has 30 heavy (non-hydrogen) atoms. The molecule has 1 radical (unpaired) electrons. The van der Waals surface area contributed by atoms with E-state index in [9.17, 15) is 19.8 Å². The summed E-state index contributed by atoms with van der Waals surface area (Å²) in [5, 5.41) is 22.1. The first-order valence-electron chi connectivity index (χ1n) is 10.6. The first-order chi connectivity index (χ1) is 13.6. The zero-order chi connectivity index (χ0) is 21.2. The molecule has 0 aromatic heterocycles. The van der Waals surface area contributed by atoms with E-state index in [0.717, 1.165) is 19.3 Å². The molecule has 4 fully saturated rings. The Morgan fingerprint density at radius 1 is 1.27 bits per heavy atom. The van der Waals surface area contributed by atoms with Crippen LogP contribution in [0.3, 0.4) is 0 Å². The predicted octanol–water partition coefficient (Wildman–Crippen LogP) is 2.51. The summed E-state index contributed by atoms with van der Waals surface area (Å²) >= 11 is 0. The fourth-order valence-corrected chi connectivity index (χ4v) is 7.26. The van der Waals surface area contributed by atoms with Crippen LogP contribution in [0.5, 0.6) is 0 Å². The van der Waals surface area contributed by atoms with Crippen molar-refractivity contribution in [2.45, 2.75) is 70.2 Å². The maximum absolute atomic E-state index is 12.6. The molecule has 6 nitrogen and oxygen atoms in total. The Balaban J connectivity index is 0.00000256. The minimum absolute atomic E-state index is 0. The van der Waals surface area contributed by atoms with E-state index in [-0.39, 0.29) is 55.6 Å². The van der Waals surface area contributed by atoms with Crippen molar-refractivity contribution in [3.63, 3.8) is 0 Å². The van der Waals surface area contributed by atoms with Crippen LogP contribution in [0.25, 0.3) is 0 Å². The number of hydrogen-bond acceptors (Lipinski definition) is 6. The Bertz CT molecular complexity index is 763. The summed E-state index contributed by atoms with van der Waals surface area (Å²) in [6.45, 7) is 4.18. The van der Waals surface area contributed by atoms with Crippen molar-refractivity contribution in [3.8, 4) is 12.3 Å². The topological polar surface area (TPSA) is 93.1 Å². The molecule has 2 N–H and O–H groups in total. The largest absolute Gasteiger partial charge is 0.508 e. The molecule has 0 aromatic carbocycles. The van der Waals surface area contributed by atoms with Crippen molar-refractivity contribution in [1.29, 1.82) is 0 Å². The molecule has 4 aliphatic carbocycles. The zero-order valence-corrected chi connectivity index (χ0v) is 20.5. The Morgan fingerprint density at radius 3 is 2.60 bits per heavy atom. The number of Topliss-reactive ketones (excluding diaryl/α,β-unsaturated/α-hetero) is 1. The first-order valence-corrected chi connectivity index (χ1v) is 10.6. The van der Waals surface area contributed by atoms with Gasteiger partial charge in [0, 0.05) is 26.2 Å². The van der Waals surface area contributed by atoms with Gasteiger partial charge in [-0.25, -0.2) is 4.79 Å². The second-order valence-electron chi connectivity index (χ2n) is 10.0. The average molecular weight is 590 g/mol. The van der Waals surface area contributed by atoms with E-state index in [1.807, 2.05) is 6.92 Å². The average Bonchev–Trinajstić information content (AvgIpc) is 2.90. The second kappa shape index (κ2) is 7.82. The normalized spacial score (nSPS) is 49.3. The third kappa shape index (κ3) is 3.07. The number of terminal acetylenes is 1. The number of hydrogen-bond donors (Lipinski definition) is 2. The van der Waals surface area contributed by atoms with Crippen LogP contribution in [0.1, 0.15) is 52.4 Å². The Labute approximate surface area is 192 Å². The van der Waals surface area contributed by atoms with E-state index in [1.54, 1.807) is 6.42 Å². The van der Waals surface area contributed by atoms with Crippen LogP contribution in [0.4, 0.5) is 4.79 Å². The molecule has 3 unspecified atom stereocenters. The number of ketones is 1. The molecular formula is C23H31O6Re-. The summed E-state index contributed by atoms with van der Waals surface area (Å²) in [5.74, 6) is 2.11. The number of fused-ring (bicyclic) bond motifs is 5. The van der Waals surface area contributed by atoms with E-state index in [2.05, 4.69) is 17.6 Å². The minimum Gasteiger partial charge on any atom is -0.438 e. The van der Waals surface area contributed by atoms with Crippen molar-refractivity contribution in [1.82, 2.24) is 0 Å². The number of rotatable bonds is 1. The number of methoxy groups -OCH3 is 1. The van der Waals surface area contributed by atoms with Gasteiger partial charge in [0.1, 0.15) is 6.10 Å². The molecule has 4 rings (SSSR count). The van der Waals surface area contributed by atoms with Crippen LogP contribution < -0.4 is 0 Å². The van der Waals surface area contributed by atoms with Crippen molar-refractivity contribution in [3.05, 3.63) is 6.42 Å². The van der Waals surface area contributed by atoms with E-state index >= 15 is 0 Å². The fraction of sp³-hybridized carbons (Fsp3) is 0.783. The second-order valence-corrected chi connectivity index (χ2v) is 10.0. The van der Waals surface area contributed by atoms with Crippen molar-refractivity contribution < 1.29 is 49.7 Å². The quantitative estimate of drug-likeness (QED) is 0.278. The third-order valence-electron chi connectivity index (χ3n) is 9.04. The van der Waals surface area contributed by atoms with Gasteiger partial charge in [-0.1, -0.05) is 19.8 Å². The van der Waals surface area contributed by atoms with Gasteiger partial charge in [0.25, 0.3) is 0 Å². The maximum Gasteiger partial charge on any atom is 0.508 e. The minimum atomic E-state index is -1.79. The van der Waals surface area contributed by atoms with Gasteiger partial charge < -0.3 is 30.9 Å². The van der Waals surface area contributed by atoms with Gasteiger partial charge in [-0.05, 0) is 67.1 Å². The number of aliphatic hydroxyl groups excluding tert-OH is 1. The molecule has 0 saturated heterocycles. The summed E-state index contributed by atoms with van der Waals surface area (Å²) in [7, 11) is 1.31. The Hall–Kier alpha value is -1.05. The van der Waals surface area contributed by atoms with E-state index in [0.29, 0.717) is 19.3 Å². The van der Waals surface area contributed by atoms with Crippen molar-refractivity contribution >= 4 is 11.9 Å². The zero-order valence-electron chi connectivity index (χ0n) is 17.8. The number of ether oxygens (including phenoxy) is 2. The maximum atomic E-state index is 12.6. The molecule has 0 heterocycles. The molecule has 0 spiro atoms. The predicted molar refractivity (Wildman–Crippen MR) is 104 cm³/mol. The van der Waals surface area contributed by atoms with Gasteiger partial charge in [-0.15, -0.1) is 12.3 Å². The molecule has 0 aliphatic heterocycles. The van der Waals surface area contributed by atoms with Crippen LogP contribution in [0, 0.1) is 53.3 Å². The smallest absolute Gasteiger partial charge is 0.438 e. The van der Waals surface area contributed by atoms with Gasteiger partial charge in [0.15, 0.2) is 5.60 Å². The van der Waals surface area contributed by atoms with Crippen LogP contribution in [-0.2, 0) is 34.7 Å². The summed E-state index contributed by atoms with van der Waals surface area (Å²) < 4.78 is 10.0. The van der Waals surface area contributed by atoms with Gasteiger partial charge in [-0.3, -0.25) is 0 Å². The summed E-state index contributed by atoms with van der Waals surface area (Å²) in [5.41, 5.74) is -2.53. The van der Waals surface area contributed by atoms with Gasteiger partial charge in [0.05, 0.1) is 13.2 Å². The Kier molecular flexibility index (Phi) is 6.16. The summed E-state index contributed by atoms with van der Waals surface area (Å²) in [6.07, 6.45) is 10.2. The molecule has 9 atom stereocenters. The summed E-state index contributed by atoms with van der Waals surface area (Å²) in [4.78, 5) is 24.1. The molecule has 0 bridgehead atoms.